The Morgan fingerprint density at radius 1 is 0.895 bits per heavy atom. The summed E-state index contributed by atoms with van der Waals surface area (Å²) in [4.78, 5) is 0. The summed E-state index contributed by atoms with van der Waals surface area (Å²) >= 11 is 3.47. The van der Waals surface area contributed by atoms with E-state index in [1.807, 2.05) is 0 Å². The fourth-order valence-electron chi connectivity index (χ4n) is 2.04. The average molecular weight is 327 g/mol. The maximum absolute atomic E-state index is 5.67. The van der Waals surface area contributed by atoms with Gasteiger partial charge in [-0.1, -0.05) is 60.7 Å². The van der Waals surface area contributed by atoms with Gasteiger partial charge in [0.15, 0.2) is 0 Å². The fourth-order valence-corrected chi connectivity index (χ4v) is 2.44. The van der Waals surface area contributed by atoms with E-state index in [1.165, 1.54) is 50.5 Å². The highest BCUT2D eigenvalue weighted by molar-refractivity contribution is 9.09. The number of alkyl halides is 1. The molecule has 0 unspecified atom stereocenters. The highest BCUT2D eigenvalue weighted by Gasteiger charge is 1.96. The standard InChI is InChI=1S/C17H27BrO/c1-2-3-15-19-17-12-10-16(11-13-17)9-7-5-4-6-8-14-18/h10-13H,2-9,14-15H2,1H3. The summed E-state index contributed by atoms with van der Waals surface area (Å²) < 4.78 is 5.67. The van der Waals surface area contributed by atoms with E-state index in [1.54, 1.807) is 0 Å². The van der Waals surface area contributed by atoms with E-state index in [0.717, 1.165) is 24.1 Å². The molecule has 1 rings (SSSR count). The second-order valence-electron chi connectivity index (χ2n) is 5.05. The number of unbranched alkanes of at least 4 members (excludes halogenated alkanes) is 5. The molecular formula is C17H27BrO. The van der Waals surface area contributed by atoms with Crippen LogP contribution in [0.1, 0.15) is 57.4 Å². The molecule has 0 spiro atoms. The monoisotopic (exact) mass is 326 g/mol. The van der Waals surface area contributed by atoms with E-state index in [9.17, 15) is 0 Å². The predicted octanol–water partition coefficient (Wildman–Crippen LogP) is 5.75. The molecule has 0 saturated carbocycles. The van der Waals surface area contributed by atoms with Crippen molar-refractivity contribution in [2.24, 2.45) is 0 Å². The van der Waals surface area contributed by atoms with Crippen LogP contribution < -0.4 is 4.74 Å². The van der Waals surface area contributed by atoms with E-state index in [0.29, 0.717) is 0 Å². The Labute approximate surface area is 126 Å². The molecule has 108 valence electrons. The van der Waals surface area contributed by atoms with Crippen molar-refractivity contribution in [3.05, 3.63) is 29.8 Å². The summed E-state index contributed by atoms with van der Waals surface area (Å²) in [5.41, 5.74) is 1.43. The summed E-state index contributed by atoms with van der Waals surface area (Å²) in [6.45, 7) is 3.02. The Balaban J connectivity index is 2.13. The van der Waals surface area contributed by atoms with E-state index in [2.05, 4.69) is 47.1 Å². The Morgan fingerprint density at radius 2 is 1.58 bits per heavy atom. The van der Waals surface area contributed by atoms with Crippen LogP contribution in [0.3, 0.4) is 0 Å². The minimum atomic E-state index is 0.837. The topological polar surface area (TPSA) is 9.23 Å². The summed E-state index contributed by atoms with van der Waals surface area (Å²) in [6, 6.07) is 8.63. The normalized spacial score (nSPS) is 10.6. The van der Waals surface area contributed by atoms with Gasteiger partial charge in [-0.05, 0) is 43.4 Å². The molecule has 0 aromatic heterocycles. The Kier molecular flexibility index (Phi) is 9.88. The SMILES string of the molecule is CCCCOc1ccc(CCCCCCCBr)cc1. The second kappa shape index (κ2) is 11.3. The van der Waals surface area contributed by atoms with Crippen molar-refractivity contribution in [3.63, 3.8) is 0 Å². The van der Waals surface area contributed by atoms with Crippen molar-refractivity contribution in [1.82, 2.24) is 0 Å². The molecule has 2 heteroatoms. The lowest BCUT2D eigenvalue weighted by Gasteiger charge is -2.06. The molecule has 0 atom stereocenters. The number of halogens is 1. The zero-order valence-corrected chi connectivity index (χ0v) is 13.8. The molecule has 0 bridgehead atoms. The molecule has 0 saturated heterocycles. The van der Waals surface area contributed by atoms with E-state index in [4.69, 9.17) is 4.74 Å². The van der Waals surface area contributed by atoms with E-state index in [-0.39, 0.29) is 0 Å². The van der Waals surface area contributed by atoms with Gasteiger partial charge in [-0.15, -0.1) is 0 Å². The molecular weight excluding hydrogens is 300 g/mol. The Hall–Kier alpha value is -0.500. The number of hydrogen-bond donors (Lipinski definition) is 0. The summed E-state index contributed by atoms with van der Waals surface area (Å²) in [7, 11) is 0. The van der Waals surface area contributed by atoms with Gasteiger partial charge in [0.2, 0.25) is 0 Å². The minimum absolute atomic E-state index is 0.837. The van der Waals surface area contributed by atoms with Crippen LogP contribution in [0.2, 0.25) is 0 Å². The maximum atomic E-state index is 5.67. The van der Waals surface area contributed by atoms with Crippen molar-refractivity contribution < 1.29 is 4.74 Å². The maximum Gasteiger partial charge on any atom is 0.119 e. The van der Waals surface area contributed by atoms with Crippen LogP contribution in [0.25, 0.3) is 0 Å². The van der Waals surface area contributed by atoms with Gasteiger partial charge in [0.1, 0.15) is 5.75 Å². The van der Waals surface area contributed by atoms with E-state index < -0.39 is 0 Å². The summed E-state index contributed by atoms with van der Waals surface area (Å²) in [5.74, 6) is 1.01. The van der Waals surface area contributed by atoms with Crippen molar-refractivity contribution in [3.8, 4) is 5.75 Å². The average Bonchev–Trinajstić information content (AvgIpc) is 2.44. The quantitative estimate of drug-likeness (QED) is 0.371. The van der Waals surface area contributed by atoms with Crippen LogP contribution in [0.4, 0.5) is 0 Å². The minimum Gasteiger partial charge on any atom is -0.494 e. The molecule has 1 nitrogen and oxygen atoms in total. The number of aryl methyl sites for hydroxylation is 1. The van der Waals surface area contributed by atoms with Crippen LogP contribution >= 0.6 is 15.9 Å². The fraction of sp³-hybridized carbons (Fsp3) is 0.647. The molecule has 0 radical (unpaired) electrons. The molecule has 0 amide bonds. The van der Waals surface area contributed by atoms with Gasteiger partial charge in [-0.2, -0.15) is 0 Å². The van der Waals surface area contributed by atoms with Gasteiger partial charge in [-0.25, -0.2) is 0 Å². The number of hydrogen-bond acceptors (Lipinski definition) is 1. The molecule has 0 fully saturated rings. The van der Waals surface area contributed by atoms with Gasteiger partial charge < -0.3 is 4.74 Å². The lowest BCUT2D eigenvalue weighted by atomic mass is 10.1. The van der Waals surface area contributed by atoms with Gasteiger partial charge in [0.05, 0.1) is 6.61 Å². The largest absolute Gasteiger partial charge is 0.494 e. The van der Waals surface area contributed by atoms with Crippen molar-refractivity contribution in [2.45, 2.75) is 58.3 Å². The van der Waals surface area contributed by atoms with Gasteiger partial charge >= 0.3 is 0 Å². The van der Waals surface area contributed by atoms with Crippen LogP contribution in [0.5, 0.6) is 5.75 Å². The number of ether oxygens (including phenoxy) is 1. The lowest BCUT2D eigenvalue weighted by Crippen LogP contribution is -1.96. The van der Waals surface area contributed by atoms with Crippen LogP contribution in [0, 0.1) is 0 Å². The Morgan fingerprint density at radius 3 is 2.26 bits per heavy atom. The molecule has 1 aromatic carbocycles. The van der Waals surface area contributed by atoms with Gasteiger partial charge in [0.25, 0.3) is 0 Å². The van der Waals surface area contributed by atoms with Crippen molar-refractivity contribution in [1.29, 1.82) is 0 Å². The van der Waals surface area contributed by atoms with Gasteiger partial charge in [0, 0.05) is 5.33 Å². The first-order valence-electron chi connectivity index (χ1n) is 7.64. The first-order chi connectivity index (χ1) is 9.36. The van der Waals surface area contributed by atoms with Crippen LogP contribution in [0.15, 0.2) is 24.3 Å². The molecule has 0 heterocycles. The Bertz CT molecular complexity index is 308. The third-order valence-electron chi connectivity index (χ3n) is 3.29. The van der Waals surface area contributed by atoms with E-state index >= 15 is 0 Å². The van der Waals surface area contributed by atoms with Crippen LogP contribution in [-0.4, -0.2) is 11.9 Å². The highest BCUT2D eigenvalue weighted by atomic mass is 79.9. The predicted molar refractivity (Wildman–Crippen MR) is 87.4 cm³/mol. The molecule has 0 aliphatic heterocycles. The molecule has 0 N–H and O–H groups in total. The first-order valence-corrected chi connectivity index (χ1v) is 8.76. The third kappa shape index (κ3) is 8.30. The van der Waals surface area contributed by atoms with Crippen molar-refractivity contribution >= 4 is 15.9 Å². The first kappa shape index (κ1) is 16.6. The molecule has 1 aromatic rings. The number of rotatable bonds is 11. The second-order valence-corrected chi connectivity index (χ2v) is 5.85. The zero-order chi connectivity index (χ0) is 13.8. The molecule has 0 aliphatic carbocycles. The van der Waals surface area contributed by atoms with Crippen LogP contribution in [-0.2, 0) is 6.42 Å². The third-order valence-corrected chi connectivity index (χ3v) is 3.85. The lowest BCUT2D eigenvalue weighted by molar-refractivity contribution is 0.309. The molecule has 0 aliphatic rings. The smallest absolute Gasteiger partial charge is 0.119 e. The highest BCUT2D eigenvalue weighted by Crippen LogP contribution is 2.15. The summed E-state index contributed by atoms with van der Waals surface area (Å²) in [5, 5.41) is 1.15. The van der Waals surface area contributed by atoms with Gasteiger partial charge in [-0.3, -0.25) is 0 Å². The van der Waals surface area contributed by atoms with Crippen molar-refractivity contribution in [2.75, 3.05) is 11.9 Å². The number of benzene rings is 1. The zero-order valence-electron chi connectivity index (χ0n) is 12.2. The summed E-state index contributed by atoms with van der Waals surface area (Å²) in [6.07, 6.45) is 10.2. The molecule has 19 heavy (non-hydrogen) atoms.